The summed E-state index contributed by atoms with van der Waals surface area (Å²) in [6.07, 6.45) is -0.671. The van der Waals surface area contributed by atoms with E-state index < -0.39 is 6.23 Å². The molecule has 0 aliphatic heterocycles. The highest BCUT2D eigenvalue weighted by Crippen LogP contribution is 2.13. The van der Waals surface area contributed by atoms with Crippen LogP contribution in [0.3, 0.4) is 0 Å². The van der Waals surface area contributed by atoms with E-state index in [9.17, 15) is 5.11 Å². The summed E-state index contributed by atoms with van der Waals surface area (Å²) in [5.41, 5.74) is 8.24. The Hall–Kier alpha value is -1.84. The summed E-state index contributed by atoms with van der Waals surface area (Å²) in [5.74, 6) is 0. The lowest BCUT2D eigenvalue weighted by atomic mass is 10.1. The van der Waals surface area contributed by atoms with Gasteiger partial charge in [0.15, 0.2) is 0 Å². The average Bonchev–Trinajstić information content (AvgIpc) is 2.38. The molecule has 0 radical (unpaired) electrons. The highest BCUT2D eigenvalue weighted by molar-refractivity contribution is 5.39. The molecule has 2 aromatic carbocycles. The van der Waals surface area contributed by atoms with Crippen LogP contribution in [0.25, 0.3) is 0 Å². The predicted molar refractivity (Wildman–Crippen MR) is 69.1 cm³/mol. The third-order valence-electron chi connectivity index (χ3n) is 2.59. The van der Waals surface area contributed by atoms with Crippen LogP contribution in [0.1, 0.15) is 17.4 Å². The van der Waals surface area contributed by atoms with Gasteiger partial charge in [-0.25, -0.2) is 0 Å². The standard InChI is InChI=1S/C14H16N2O/c15-13-8-6-12(7-9-13)14(17)16-10-11-4-2-1-3-5-11/h1-9,14,16-17H,10,15H2. The molecule has 0 saturated heterocycles. The molecule has 0 saturated carbocycles. The number of hydrogen-bond acceptors (Lipinski definition) is 3. The largest absolute Gasteiger partial charge is 0.399 e. The SMILES string of the molecule is Nc1ccc(C(O)NCc2ccccc2)cc1. The van der Waals surface area contributed by atoms with Gasteiger partial charge in [0.05, 0.1) is 0 Å². The van der Waals surface area contributed by atoms with Crippen molar-refractivity contribution in [2.75, 3.05) is 5.73 Å². The third-order valence-corrected chi connectivity index (χ3v) is 2.59. The van der Waals surface area contributed by atoms with Gasteiger partial charge in [0.2, 0.25) is 0 Å². The van der Waals surface area contributed by atoms with Gasteiger partial charge >= 0.3 is 0 Å². The molecule has 0 bridgehead atoms. The molecule has 1 unspecified atom stereocenters. The lowest BCUT2D eigenvalue weighted by molar-refractivity contribution is 0.137. The Balaban J connectivity index is 1.93. The Bertz CT molecular complexity index is 453. The first-order valence-electron chi connectivity index (χ1n) is 5.56. The molecular weight excluding hydrogens is 212 g/mol. The summed E-state index contributed by atoms with van der Waals surface area (Å²) in [6.45, 7) is 0.631. The number of nitrogen functional groups attached to an aromatic ring is 1. The molecule has 1 atom stereocenters. The van der Waals surface area contributed by atoms with E-state index in [0.717, 1.165) is 11.1 Å². The smallest absolute Gasteiger partial charge is 0.131 e. The minimum Gasteiger partial charge on any atom is -0.399 e. The Kier molecular flexibility index (Phi) is 3.75. The first-order chi connectivity index (χ1) is 8.25. The maximum absolute atomic E-state index is 9.92. The predicted octanol–water partition coefficient (Wildman–Crippen LogP) is 2.05. The van der Waals surface area contributed by atoms with Crippen LogP contribution >= 0.6 is 0 Å². The molecule has 17 heavy (non-hydrogen) atoms. The molecule has 0 fully saturated rings. The van der Waals surface area contributed by atoms with Crippen LogP contribution in [0.5, 0.6) is 0 Å². The van der Waals surface area contributed by atoms with Crippen LogP contribution in [0.2, 0.25) is 0 Å². The van der Waals surface area contributed by atoms with E-state index in [2.05, 4.69) is 5.32 Å². The second kappa shape index (κ2) is 5.48. The molecule has 2 aromatic rings. The van der Waals surface area contributed by atoms with E-state index >= 15 is 0 Å². The van der Waals surface area contributed by atoms with Crippen LogP contribution in [-0.2, 0) is 6.54 Å². The number of aliphatic hydroxyl groups is 1. The normalized spacial score (nSPS) is 12.3. The lowest BCUT2D eigenvalue weighted by Gasteiger charge is -2.13. The molecule has 0 aromatic heterocycles. The van der Waals surface area contributed by atoms with Crippen LogP contribution < -0.4 is 11.1 Å². The van der Waals surface area contributed by atoms with Crippen LogP contribution in [0.15, 0.2) is 54.6 Å². The molecule has 0 spiro atoms. The van der Waals surface area contributed by atoms with Crippen molar-refractivity contribution in [3.05, 3.63) is 65.7 Å². The zero-order valence-electron chi connectivity index (χ0n) is 9.51. The molecule has 2 rings (SSSR count). The van der Waals surface area contributed by atoms with Gasteiger partial charge in [0.1, 0.15) is 6.23 Å². The second-order valence-electron chi connectivity index (χ2n) is 3.94. The number of benzene rings is 2. The van der Waals surface area contributed by atoms with E-state index in [1.807, 2.05) is 42.5 Å². The number of hydrogen-bond donors (Lipinski definition) is 3. The summed E-state index contributed by atoms with van der Waals surface area (Å²) in [4.78, 5) is 0. The summed E-state index contributed by atoms with van der Waals surface area (Å²) < 4.78 is 0. The molecule has 3 heteroatoms. The molecular formula is C14H16N2O. The topological polar surface area (TPSA) is 58.3 Å². The van der Waals surface area contributed by atoms with Gasteiger partial charge in [-0.3, -0.25) is 5.32 Å². The molecule has 3 nitrogen and oxygen atoms in total. The van der Waals surface area contributed by atoms with Gasteiger partial charge in [-0.15, -0.1) is 0 Å². The summed E-state index contributed by atoms with van der Waals surface area (Å²) in [6, 6.07) is 17.2. The third kappa shape index (κ3) is 3.31. The van der Waals surface area contributed by atoms with Gasteiger partial charge in [0, 0.05) is 12.2 Å². The highest BCUT2D eigenvalue weighted by Gasteiger charge is 2.05. The van der Waals surface area contributed by atoms with Crippen molar-refractivity contribution >= 4 is 5.69 Å². The minimum absolute atomic E-state index is 0.631. The van der Waals surface area contributed by atoms with E-state index in [1.54, 1.807) is 12.1 Å². The van der Waals surface area contributed by atoms with Crippen molar-refractivity contribution in [2.24, 2.45) is 0 Å². The van der Waals surface area contributed by atoms with Crippen molar-refractivity contribution in [2.45, 2.75) is 12.8 Å². The van der Waals surface area contributed by atoms with Crippen molar-refractivity contribution < 1.29 is 5.11 Å². The quantitative estimate of drug-likeness (QED) is 0.554. The van der Waals surface area contributed by atoms with E-state index in [-0.39, 0.29) is 0 Å². The maximum Gasteiger partial charge on any atom is 0.131 e. The Morgan fingerprint density at radius 2 is 1.65 bits per heavy atom. The van der Waals surface area contributed by atoms with Gasteiger partial charge in [-0.05, 0) is 23.3 Å². The lowest BCUT2D eigenvalue weighted by Crippen LogP contribution is -2.20. The minimum atomic E-state index is -0.671. The summed E-state index contributed by atoms with van der Waals surface area (Å²) in [5, 5.41) is 13.0. The molecule has 0 heterocycles. The Morgan fingerprint density at radius 1 is 1.00 bits per heavy atom. The Morgan fingerprint density at radius 3 is 2.29 bits per heavy atom. The van der Waals surface area contributed by atoms with Crippen molar-refractivity contribution in [1.29, 1.82) is 0 Å². The molecule has 0 aliphatic carbocycles. The molecule has 88 valence electrons. The number of nitrogens with two attached hydrogens (primary N) is 1. The van der Waals surface area contributed by atoms with Crippen LogP contribution in [0, 0.1) is 0 Å². The van der Waals surface area contributed by atoms with Crippen molar-refractivity contribution in [1.82, 2.24) is 5.32 Å². The fraction of sp³-hybridized carbons (Fsp3) is 0.143. The van der Waals surface area contributed by atoms with E-state index in [1.165, 1.54) is 0 Å². The second-order valence-corrected chi connectivity index (χ2v) is 3.94. The van der Waals surface area contributed by atoms with Crippen molar-refractivity contribution in [3.63, 3.8) is 0 Å². The average molecular weight is 228 g/mol. The first kappa shape index (κ1) is 11.6. The monoisotopic (exact) mass is 228 g/mol. The maximum atomic E-state index is 9.92. The van der Waals surface area contributed by atoms with E-state index in [4.69, 9.17) is 5.73 Å². The number of rotatable bonds is 4. The zero-order chi connectivity index (χ0) is 12.1. The number of nitrogens with one attached hydrogen (secondary N) is 1. The van der Waals surface area contributed by atoms with Gasteiger partial charge < -0.3 is 10.8 Å². The van der Waals surface area contributed by atoms with Gasteiger partial charge in [-0.1, -0.05) is 42.5 Å². The Labute approximate surface area is 101 Å². The molecule has 0 amide bonds. The number of anilines is 1. The van der Waals surface area contributed by atoms with Crippen molar-refractivity contribution in [3.8, 4) is 0 Å². The fourth-order valence-electron chi connectivity index (χ4n) is 1.61. The van der Waals surface area contributed by atoms with Gasteiger partial charge in [0.25, 0.3) is 0 Å². The fourth-order valence-corrected chi connectivity index (χ4v) is 1.61. The molecule has 4 N–H and O–H groups in total. The van der Waals surface area contributed by atoms with Crippen LogP contribution in [-0.4, -0.2) is 5.11 Å². The van der Waals surface area contributed by atoms with Gasteiger partial charge in [-0.2, -0.15) is 0 Å². The summed E-state index contributed by atoms with van der Waals surface area (Å²) in [7, 11) is 0. The first-order valence-corrected chi connectivity index (χ1v) is 5.56. The van der Waals surface area contributed by atoms with E-state index in [0.29, 0.717) is 12.2 Å². The van der Waals surface area contributed by atoms with Crippen LogP contribution in [0.4, 0.5) is 5.69 Å². The number of aliphatic hydroxyl groups excluding tert-OH is 1. The summed E-state index contributed by atoms with van der Waals surface area (Å²) >= 11 is 0. The highest BCUT2D eigenvalue weighted by atomic mass is 16.3. The molecule has 0 aliphatic rings. The zero-order valence-corrected chi connectivity index (χ0v) is 9.51.